The molecule has 1 atom stereocenters. The standard InChI is InChI=1S/C20H20ClNO4/c1-12(19(23)22-17-11-16(21)8-9-18(17)25-2)26-20(24)15-7-6-13-4-3-5-14(13)10-15/h6-12H,3-5H2,1-2H3,(H,22,23)/t12-/m0/s1. The van der Waals surface area contributed by atoms with E-state index in [9.17, 15) is 9.59 Å². The highest BCUT2D eigenvalue weighted by molar-refractivity contribution is 6.31. The maximum Gasteiger partial charge on any atom is 0.338 e. The lowest BCUT2D eigenvalue weighted by molar-refractivity contribution is -0.123. The molecular weight excluding hydrogens is 354 g/mol. The number of rotatable bonds is 5. The van der Waals surface area contributed by atoms with Crippen LogP contribution in [-0.4, -0.2) is 25.1 Å². The third-order valence-electron chi connectivity index (χ3n) is 4.41. The molecule has 6 heteroatoms. The van der Waals surface area contributed by atoms with Gasteiger partial charge in [-0.2, -0.15) is 0 Å². The van der Waals surface area contributed by atoms with E-state index in [0.717, 1.165) is 19.3 Å². The lowest BCUT2D eigenvalue weighted by Crippen LogP contribution is -2.30. The molecule has 3 rings (SSSR count). The molecule has 0 fully saturated rings. The van der Waals surface area contributed by atoms with E-state index in [1.54, 1.807) is 24.3 Å². The number of carbonyl (C=O) groups is 2. The van der Waals surface area contributed by atoms with Gasteiger partial charge >= 0.3 is 5.97 Å². The highest BCUT2D eigenvalue weighted by Crippen LogP contribution is 2.28. The summed E-state index contributed by atoms with van der Waals surface area (Å²) in [5.74, 6) is -0.500. The van der Waals surface area contributed by atoms with Crippen molar-refractivity contribution in [3.63, 3.8) is 0 Å². The van der Waals surface area contributed by atoms with E-state index in [0.29, 0.717) is 22.0 Å². The van der Waals surface area contributed by atoms with E-state index in [2.05, 4.69) is 5.32 Å². The predicted molar refractivity (Wildman–Crippen MR) is 100.0 cm³/mol. The smallest absolute Gasteiger partial charge is 0.338 e. The van der Waals surface area contributed by atoms with Crippen LogP contribution in [0.15, 0.2) is 36.4 Å². The Morgan fingerprint density at radius 1 is 1.12 bits per heavy atom. The quantitative estimate of drug-likeness (QED) is 0.804. The summed E-state index contributed by atoms with van der Waals surface area (Å²) in [6.45, 7) is 1.53. The van der Waals surface area contributed by atoms with Crippen molar-refractivity contribution in [3.05, 3.63) is 58.1 Å². The summed E-state index contributed by atoms with van der Waals surface area (Å²) in [5.41, 5.74) is 3.34. The van der Waals surface area contributed by atoms with Crippen LogP contribution in [0.2, 0.25) is 5.02 Å². The largest absolute Gasteiger partial charge is 0.495 e. The summed E-state index contributed by atoms with van der Waals surface area (Å²) in [6.07, 6.45) is 2.17. The summed E-state index contributed by atoms with van der Waals surface area (Å²) in [6, 6.07) is 10.5. The molecule has 1 aliphatic carbocycles. The Kier molecular flexibility index (Phi) is 5.47. The van der Waals surface area contributed by atoms with Crippen LogP contribution in [0.25, 0.3) is 0 Å². The average Bonchev–Trinajstić information content (AvgIpc) is 3.09. The molecule has 2 aromatic rings. The van der Waals surface area contributed by atoms with Crippen molar-refractivity contribution < 1.29 is 19.1 Å². The minimum absolute atomic E-state index is 0.422. The lowest BCUT2D eigenvalue weighted by Gasteiger charge is -2.15. The second-order valence-electron chi connectivity index (χ2n) is 6.22. The highest BCUT2D eigenvalue weighted by Gasteiger charge is 2.21. The molecule has 2 aromatic carbocycles. The number of esters is 1. The summed E-state index contributed by atoms with van der Waals surface area (Å²) in [5, 5.41) is 3.14. The zero-order valence-electron chi connectivity index (χ0n) is 14.7. The maximum atomic E-state index is 12.4. The number of hydrogen-bond acceptors (Lipinski definition) is 4. The van der Waals surface area contributed by atoms with Crippen LogP contribution in [0.4, 0.5) is 5.69 Å². The fourth-order valence-electron chi connectivity index (χ4n) is 2.99. The van der Waals surface area contributed by atoms with Gasteiger partial charge in [0.15, 0.2) is 6.10 Å². The molecule has 0 saturated heterocycles. The molecule has 0 heterocycles. The summed E-state index contributed by atoms with van der Waals surface area (Å²) < 4.78 is 10.5. The third kappa shape index (κ3) is 3.99. The van der Waals surface area contributed by atoms with E-state index >= 15 is 0 Å². The minimum atomic E-state index is -0.959. The first-order chi connectivity index (χ1) is 12.5. The number of aryl methyl sites for hydroxylation is 2. The van der Waals surface area contributed by atoms with Crippen molar-refractivity contribution in [2.45, 2.75) is 32.3 Å². The van der Waals surface area contributed by atoms with Crippen LogP contribution in [0.1, 0.15) is 34.8 Å². The number of benzene rings is 2. The summed E-state index contributed by atoms with van der Waals surface area (Å²) in [7, 11) is 1.50. The van der Waals surface area contributed by atoms with Gasteiger partial charge in [-0.1, -0.05) is 17.7 Å². The van der Waals surface area contributed by atoms with Crippen LogP contribution in [0.3, 0.4) is 0 Å². The third-order valence-corrected chi connectivity index (χ3v) is 4.64. The molecule has 1 amide bonds. The molecule has 0 radical (unpaired) electrons. The fourth-order valence-corrected chi connectivity index (χ4v) is 3.17. The summed E-state index contributed by atoms with van der Waals surface area (Å²) >= 11 is 5.96. The van der Waals surface area contributed by atoms with Gasteiger partial charge in [0.2, 0.25) is 0 Å². The van der Waals surface area contributed by atoms with Crippen LogP contribution in [-0.2, 0) is 22.4 Å². The van der Waals surface area contributed by atoms with E-state index in [-0.39, 0.29) is 0 Å². The normalized spacial score (nSPS) is 13.7. The molecular formula is C20H20ClNO4. The molecule has 0 unspecified atom stereocenters. The Labute approximate surface area is 157 Å². The number of carbonyl (C=O) groups excluding carboxylic acids is 2. The molecule has 0 aromatic heterocycles. The van der Waals surface area contributed by atoms with E-state index < -0.39 is 18.0 Å². The molecule has 0 spiro atoms. The van der Waals surface area contributed by atoms with Gasteiger partial charge in [-0.3, -0.25) is 4.79 Å². The zero-order valence-corrected chi connectivity index (χ0v) is 15.4. The van der Waals surface area contributed by atoms with Crippen molar-refractivity contribution in [2.75, 3.05) is 12.4 Å². The highest BCUT2D eigenvalue weighted by atomic mass is 35.5. The number of anilines is 1. The maximum absolute atomic E-state index is 12.4. The predicted octanol–water partition coefficient (Wildman–Crippen LogP) is 4.02. The van der Waals surface area contributed by atoms with Gasteiger partial charge < -0.3 is 14.8 Å². The van der Waals surface area contributed by atoms with E-state index in [1.165, 1.54) is 25.2 Å². The minimum Gasteiger partial charge on any atom is -0.495 e. The first kappa shape index (κ1) is 18.3. The number of methoxy groups -OCH3 is 1. The SMILES string of the molecule is COc1ccc(Cl)cc1NC(=O)[C@H](C)OC(=O)c1ccc2c(c1)CCC2. The fraction of sp³-hybridized carbons (Fsp3) is 0.300. The number of nitrogens with one attached hydrogen (secondary N) is 1. The van der Waals surface area contributed by atoms with Crippen molar-refractivity contribution >= 4 is 29.2 Å². The molecule has 0 saturated carbocycles. The Morgan fingerprint density at radius 3 is 2.65 bits per heavy atom. The van der Waals surface area contributed by atoms with Crippen molar-refractivity contribution in [1.82, 2.24) is 0 Å². The monoisotopic (exact) mass is 373 g/mol. The van der Waals surface area contributed by atoms with Crippen molar-refractivity contribution in [3.8, 4) is 5.75 Å². The second-order valence-corrected chi connectivity index (χ2v) is 6.65. The molecule has 26 heavy (non-hydrogen) atoms. The van der Waals surface area contributed by atoms with Crippen LogP contribution in [0, 0.1) is 0 Å². The van der Waals surface area contributed by atoms with Gasteiger partial charge in [0.1, 0.15) is 5.75 Å². The molecule has 1 aliphatic rings. The van der Waals surface area contributed by atoms with E-state index in [1.807, 2.05) is 12.1 Å². The van der Waals surface area contributed by atoms with Gasteiger partial charge in [-0.05, 0) is 67.6 Å². The van der Waals surface area contributed by atoms with Gasteiger partial charge in [0.05, 0.1) is 18.4 Å². The number of ether oxygens (including phenoxy) is 2. The van der Waals surface area contributed by atoms with Crippen LogP contribution < -0.4 is 10.1 Å². The van der Waals surface area contributed by atoms with Gasteiger partial charge in [0.25, 0.3) is 5.91 Å². The first-order valence-corrected chi connectivity index (χ1v) is 8.83. The Balaban J connectivity index is 1.66. The van der Waals surface area contributed by atoms with Gasteiger partial charge in [0, 0.05) is 5.02 Å². The summed E-state index contributed by atoms with van der Waals surface area (Å²) in [4.78, 5) is 24.7. The Bertz CT molecular complexity index is 850. The molecule has 0 bridgehead atoms. The number of halogens is 1. The zero-order chi connectivity index (χ0) is 18.7. The topological polar surface area (TPSA) is 64.6 Å². The Hall–Kier alpha value is -2.53. The molecule has 5 nitrogen and oxygen atoms in total. The van der Waals surface area contributed by atoms with Crippen molar-refractivity contribution in [2.24, 2.45) is 0 Å². The average molecular weight is 374 g/mol. The number of amides is 1. The van der Waals surface area contributed by atoms with E-state index in [4.69, 9.17) is 21.1 Å². The molecule has 0 aliphatic heterocycles. The van der Waals surface area contributed by atoms with Gasteiger partial charge in [-0.25, -0.2) is 4.79 Å². The number of hydrogen-bond donors (Lipinski definition) is 1. The van der Waals surface area contributed by atoms with Crippen LogP contribution >= 0.6 is 11.6 Å². The Morgan fingerprint density at radius 2 is 1.88 bits per heavy atom. The second kappa shape index (κ2) is 7.79. The first-order valence-electron chi connectivity index (χ1n) is 8.45. The molecule has 136 valence electrons. The lowest BCUT2D eigenvalue weighted by atomic mass is 10.1. The van der Waals surface area contributed by atoms with Crippen LogP contribution in [0.5, 0.6) is 5.75 Å². The van der Waals surface area contributed by atoms with Gasteiger partial charge in [-0.15, -0.1) is 0 Å². The molecule has 1 N–H and O–H groups in total. The number of fused-ring (bicyclic) bond motifs is 1. The van der Waals surface area contributed by atoms with Crippen molar-refractivity contribution in [1.29, 1.82) is 0 Å².